The van der Waals surface area contributed by atoms with Gasteiger partial charge in [0.15, 0.2) is 5.60 Å². The number of ether oxygens (including phenoxy) is 4. The molecule has 1 fully saturated rings. The monoisotopic (exact) mass is 902 g/mol. The molecule has 3 aliphatic heterocycles. The number of benzene rings is 4. The van der Waals surface area contributed by atoms with Crippen LogP contribution >= 0.6 is 0 Å². The highest BCUT2D eigenvalue weighted by molar-refractivity contribution is 6.91. The summed E-state index contributed by atoms with van der Waals surface area (Å²) in [5, 5.41) is 32.2. The second-order valence-corrected chi connectivity index (χ2v) is 22.6. The first kappa shape index (κ1) is 46.0. The van der Waals surface area contributed by atoms with Crippen LogP contribution in [0.2, 0.25) is 18.6 Å². The van der Waals surface area contributed by atoms with Crippen LogP contribution in [0.1, 0.15) is 55.5 Å². The van der Waals surface area contributed by atoms with Gasteiger partial charge in [0, 0.05) is 49.5 Å². The van der Waals surface area contributed by atoms with E-state index < -0.39 is 19.7 Å². The number of unbranched alkanes of at least 4 members (excludes halogenated alkanes) is 1. The van der Waals surface area contributed by atoms with Crippen LogP contribution in [-0.4, -0.2) is 97.8 Å². The molecule has 0 bridgehead atoms. The molecule has 0 radical (unpaired) electrons. The molecular formula is C50H62N6O8Si. The number of anilines is 3. The summed E-state index contributed by atoms with van der Waals surface area (Å²) in [6, 6.07) is 27.4. The van der Waals surface area contributed by atoms with Crippen molar-refractivity contribution in [2.45, 2.75) is 95.4 Å². The lowest BCUT2D eigenvalue weighted by Gasteiger charge is -2.37. The van der Waals surface area contributed by atoms with E-state index in [1.54, 1.807) is 23.8 Å². The van der Waals surface area contributed by atoms with Crippen LogP contribution in [0.3, 0.4) is 0 Å². The van der Waals surface area contributed by atoms with E-state index in [1.165, 1.54) is 5.19 Å². The summed E-state index contributed by atoms with van der Waals surface area (Å²) >= 11 is 0. The van der Waals surface area contributed by atoms with Gasteiger partial charge in [-0.2, -0.15) is 0 Å². The molecule has 14 nitrogen and oxygen atoms in total. The predicted octanol–water partition coefficient (Wildman–Crippen LogP) is 6.03. The molecule has 2 amide bonds. The van der Waals surface area contributed by atoms with E-state index in [1.807, 2.05) is 90.8 Å². The number of methoxy groups -OCH3 is 2. The molecule has 15 heteroatoms. The highest BCUT2D eigenvalue weighted by atomic mass is 28.3. The van der Waals surface area contributed by atoms with Crippen LogP contribution in [-0.2, 0) is 45.9 Å². The number of aryl methyl sites for hydroxylation is 1. The molecule has 1 aromatic heterocycles. The van der Waals surface area contributed by atoms with Gasteiger partial charge in [-0.25, -0.2) is 0 Å². The molecule has 5 atom stereocenters. The maximum absolute atomic E-state index is 15.7. The highest BCUT2D eigenvalue weighted by Crippen LogP contribution is 2.60. The number of hydrogen-bond acceptors (Lipinski definition) is 11. The number of fused-ring (bicyclic) bond motifs is 3. The standard InChI is InChI=1S/C50H62N6O8Si/c1-7-63-40-16-19-44-35(28-40)29-43(51-23-8-9-25-57)48(59)56(44)37-12-10-11-34(27-37)31-55-45-20-15-39(62-4)30-42(45)50(49(55)60)33(2)47(65(5,6)41-17-13-38(61-3)14-18-41)46(64-50)21-24-54-32-36(22-26-58)52-53-54/h10-20,27-28,30,32-33,43,46-47,51,57-58H,7-9,21-26,29,31H2,1-6H3/t33-,43?,46+,47-,50+/m1/s1. The Labute approximate surface area is 382 Å². The molecular weight excluding hydrogens is 841 g/mol. The largest absolute Gasteiger partial charge is 0.497 e. The first-order chi connectivity index (χ1) is 31.5. The molecule has 8 rings (SSSR count). The van der Waals surface area contributed by atoms with E-state index in [0.29, 0.717) is 56.8 Å². The Kier molecular flexibility index (Phi) is 13.8. The maximum atomic E-state index is 15.7. The van der Waals surface area contributed by atoms with Crippen molar-refractivity contribution in [3.63, 3.8) is 0 Å². The summed E-state index contributed by atoms with van der Waals surface area (Å²) in [6.45, 7) is 10.8. The van der Waals surface area contributed by atoms with Gasteiger partial charge in [0.25, 0.3) is 5.91 Å². The number of nitrogens with zero attached hydrogens (tertiary/aromatic N) is 5. The summed E-state index contributed by atoms with van der Waals surface area (Å²) < 4.78 is 26.4. The van der Waals surface area contributed by atoms with Crippen LogP contribution in [0.25, 0.3) is 0 Å². The van der Waals surface area contributed by atoms with Gasteiger partial charge in [-0.1, -0.05) is 54.7 Å². The third kappa shape index (κ3) is 8.79. The maximum Gasteiger partial charge on any atom is 0.264 e. The zero-order chi connectivity index (χ0) is 45.9. The first-order valence-electron chi connectivity index (χ1n) is 22.8. The minimum atomic E-state index is -2.43. The van der Waals surface area contributed by atoms with Gasteiger partial charge in [-0.05, 0) is 116 Å². The van der Waals surface area contributed by atoms with Crippen LogP contribution in [0.5, 0.6) is 17.2 Å². The smallest absolute Gasteiger partial charge is 0.264 e. The van der Waals surface area contributed by atoms with E-state index in [9.17, 15) is 15.0 Å². The summed E-state index contributed by atoms with van der Waals surface area (Å²) in [5.74, 6) is 1.73. The Bertz CT molecular complexity index is 2480. The van der Waals surface area contributed by atoms with Crippen LogP contribution in [0.15, 0.2) is 91.1 Å². The molecule has 65 heavy (non-hydrogen) atoms. The van der Waals surface area contributed by atoms with Crippen molar-refractivity contribution >= 4 is 42.1 Å². The molecule has 1 unspecified atom stereocenters. The van der Waals surface area contributed by atoms with Gasteiger partial charge >= 0.3 is 0 Å². The molecule has 1 saturated heterocycles. The summed E-state index contributed by atoms with van der Waals surface area (Å²) in [6.07, 6.45) is 4.48. The topological polar surface area (TPSA) is 161 Å². The Hall–Kier alpha value is -5.58. The minimum absolute atomic E-state index is 0.00114. The van der Waals surface area contributed by atoms with E-state index in [4.69, 9.17) is 18.9 Å². The molecule has 0 saturated carbocycles. The Balaban J connectivity index is 1.15. The number of carbonyl (C=O) groups excluding carboxylic acids is 2. The number of aromatic nitrogens is 3. The molecule has 5 aromatic rings. The van der Waals surface area contributed by atoms with Crippen LogP contribution < -0.4 is 34.5 Å². The number of hydrogen-bond donors (Lipinski definition) is 3. The fourth-order valence-corrected chi connectivity index (χ4v) is 14.5. The number of aliphatic hydroxyl groups excluding tert-OH is 2. The van der Waals surface area contributed by atoms with Crippen molar-refractivity contribution in [1.29, 1.82) is 0 Å². The molecule has 344 valence electrons. The lowest BCUT2D eigenvalue weighted by molar-refractivity contribution is -0.146. The van der Waals surface area contributed by atoms with E-state index in [-0.39, 0.29) is 49.1 Å². The fraction of sp³-hybridized carbons (Fsp3) is 0.440. The van der Waals surface area contributed by atoms with Gasteiger partial charge in [-0.3, -0.25) is 19.2 Å². The third-order valence-corrected chi connectivity index (χ3v) is 18.0. The normalized spacial score (nSPS) is 21.5. The Morgan fingerprint density at radius 1 is 0.908 bits per heavy atom. The van der Waals surface area contributed by atoms with Gasteiger partial charge in [0.2, 0.25) is 5.91 Å². The lowest BCUT2D eigenvalue weighted by Crippen LogP contribution is -2.51. The van der Waals surface area contributed by atoms with Crippen LogP contribution in [0, 0.1) is 5.92 Å². The average molecular weight is 903 g/mol. The highest BCUT2D eigenvalue weighted by Gasteiger charge is 2.66. The van der Waals surface area contributed by atoms with Crippen molar-refractivity contribution < 1.29 is 38.7 Å². The lowest BCUT2D eigenvalue weighted by atomic mass is 9.82. The molecule has 4 heterocycles. The fourth-order valence-electron chi connectivity index (χ4n) is 10.5. The second-order valence-electron chi connectivity index (χ2n) is 17.9. The molecule has 0 aliphatic carbocycles. The van der Waals surface area contributed by atoms with Gasteiger partial charge in [-0.15, -0.1) is 5.10 Å². The number of rotatable bonds is 19. The SMILES string of the molecule is CCOc1ccc2c(c1)CC(NCCCCO)C(=O)N2c1cccc(CN2C(=O)[C@@]3(O[C@@H](CCn4cc(CCO)nn4)[C@H]([Si](C)(C)c4ccc(OC)cc4)[C@H]3C)c3cc(OC)ccc32)c1. The van der Waals surface area contributed by atoms with Crippen molar-refractivity contribution in [2.75, 3.05) is 50.4 Å². The van der Waals surface area contributed by atoms with E-state index in [2.05, 4.69) is 47.8 Å². The number of aliphatic hydroxyl groups is 2. The Morgan fingerprint density at radius 2 is 1.66 bits per heavy atom. The number of carbonyl (C=O) groups is 2. The van der Waals surface area contributed by atoms with Crippen molar-refractivity contribution in [2.24, 2.45) is 5.92 Å². The molecule has 1 spiro atoms. The zero-order valence-electron chi connectivity index (χ0n) is 38.3. The van der Waals surface area contributed by atoms with Crippen molar-refractivity contribution in [1.82, 2.24) is 20.3 Å². The predicted molar refractivity (Wildman–Crippen MR) is 252 cm³/mol. The van der Waals surface area contributed by atoms with E-state index in [0.717, 1.165) is 51.7 Å². The number of nitrogens with one attached hydrogen (secondary N) is 1. The second kappa shape index (κ2) is 19.5. The average Bonchev–Trinajstić information content (AvgIpc) is 3.96. The molecule has 4 aromatic carbocycles. The summed E-state index contributed by atoms with van der Waals surface area (Å²) in [7, 11) is 0.873. The summed E-state index contributed by atoms with van der Waals surface area (Å²) in [5.41, 5.74) is 4.29. The van der Waals surface area contributed by atoms with Gasteiger partial charge in [0.05, 0.1) is 64.7 Å². The van der Waals surface area contributed by atoms with Gasteiger partial charge < -0.3 is 39.4 Å². The van der Waals surface area contributed by atoms with E-state index >= 15 is 4.79 Å². The molecule has 3 aliphatic rings. The minimum Gasteiger partial charge on any atom is -0.497 e. The first-order valence-corrected chi connectivity index (χ1v) is 25.9. The Morgan fingerprint density at radius 3 is 2.40 bits per heavy atom. The third-order valence-electron chi connectivity index (χ3n) is 13.7. The zero-order valence-corrected chi connectivity index (χ0v) is 39.3. The number of amides is 2. The summed E-state index contributed by atoms with van der Waals surface area (Å²) in [4.78, 5) is 33.7. The quantitative estimate of drug-likeness (QED) is 0.0656. The van der Waals surface area contributed by atoms with Crippen LogP contribution in [0.4, 0.5) is 17.1 Å². The molecule has 3 N–H and O–H groups in total. The van der Waals surface area contributed by atoms with Crippen molar-refractivity contribution in [3.8, 4) is 17.2 Å². The van der Waals surface area contributed by atoms with Gasteiger partial charge in [0.1, 0.15) is 17.2 Å². The van der Waals surface area contributed by atoms with Crippen molar-refractivity contribution in [3.05, 3.63) is 114 Å².